The third-order valence-electron chi connectivity index (χ3n) is 5.91. The molecule has 0 fully saturated rings. The Hall–Kier alpha value is -3.33. The Labute approximate surface area is 218 Å². The quantitative estimate of drug-likeness (QED) is 0.279. The fourth-order valence-corrected chi connectivity index (χ4v) is 4.63. The van der Waals surface area contributed by atoms with Gasteiger partial charge in [0, 0.05) is 11.4 Å². The molecule has 0 saturated carbocycles. The monoisotopic (exact) mass is 533 g/mol. The molecule has 5 nitrogen and oxygen atoms in total. The van der Waals surface area contributed by atoms with Crippen LogP contribution in [0.15, 0.2) is 54.6 Å². The Morgan fingerprint density at radius 1 is 1.03 bits per heavy atom. The number of amides is 1. The Morgan fingerprint density at radius 3 is 2.35 bits per heavy atom. The Bertz CT molecular complexity index is 1230. The van der Waals surface area contributed by atoms with Crippen LogP contribution in [0.5, 0.6) is 5.75 Å². The smallest absolute Gasteiger partial charge is 0.416 e. The number of benzene rings is 2. The Morgan fingerprint density at radius 2 is 1.73 bits per heavy atom. The lowest BCUT2D eigenvalue weighted by atomic mass is 9.88. The van der Waals surface area contributed by atoms with E-state index in [2.05, 4.69) is 19.2 Å². The molecule has 198 valence electrons. The molecule has 1 heterocycles. The van der Waals surface area contributed by atoms with Gasteiger partial charge in [-0.3, -0.25) is 9.59 Å². The van der Waals surface area contributed by atoms with Gasteiger partial charge in [0.25, 0.3) is 5.91 Å². The zero-order valence-electron chi connectivity index (χ0n) is 20.9. The van der Waals surface area contributed by atoms with Gasteiger partial charge in [0.1, 0.15) is 5.75 Å². The topological polar surface area (TPSA) is 75.6 Å². The van der Waals surface area contributed by atoms with Gasteiger partial charge in [0.05, 0.1) is 23.5 Å². The number of nitrogens with one attached hydrogen (secondary N) is 1. The van der Waals surface area contributed by atoms with Gasteiger partial charge in [-0.2, -0.15) is 13.2 Å². The van der Waals surface area contributed by atoms with Crippen LogP contribution in [0.3, 0.4) is 0 Å². The zero-order valence-corrected chi connectivity index (χ0v) is 21.8. The first-order valence-electron chi connectivity index (χ1n) is 11.8. The molecule has 0 unspecified atom stereocenters. The van der Waals surface area contributed by atoms with Crippen molar-refractivity contribution in [2.45, 2.75) is 46.2 Å². The minimum atomic E-state index is -4.36. The van der Waals surface area contributed by atoms with Crippen LogP contribution in [0, 0.1) is 12.3 Å². The summed E-state index contributed by atoms with van der Waals surface area (Å²) in [4.78, 5) is 24.3. The Kier molecular flexibility index (Phi) is 9.02. The molecule has 0 aliphatic rings. The molecule has 0 aliphatic carbocycles. The summed E-state index contributed by atoms with van der Waals surface area (Å²) in [6.07, 6.45) is -2.87. The van der Waals surface area contributed by atoms with E-state index in [1.165, 1.54) is 23.5 Å². The molecule has 0 aliphatic heterocycles. The fraction of sp³-hybridized carbons (Fsp3) is 0.357. The molecule has 3 aromatic rings. The van der Waals surface area contributed by atoms with Crippen LogP contribution in [-0.4, -0.2) is 30.1 Å². The number of thiophene rings is 1. The first kappa shape index (κ1) is 28.2. The molecule has 1 amide bonds. The number of hydrogen-bond acceptors (Lipinski definition) is 4. The van der Waals surface area contributed by atoms with E-state index in [4.69, 9.17) is 9.84 Å². The number of aliphatic carboxylic acids is 1. The molecule has 2 aromatic carbocycles. The van der Waals surface area contributed by atoms with Crippen molar-refractivity contribution in [3.05, 3.63) is 75.5 Å². The number of alkyl halides is 3. The minimum Gasteiger partial charge on any atom is -0.493 e. The second kappa shape index (κ2) is 11.8. The molecule has 3 rings (SSSR count). The molecular formula is C28H30F3NO4S. The number of carbonyl (C=O) groups is 2. The van der Waals surface area contributed by atoms with E-state index in [9.17, 15) is 22.8 Å². The second-order valence-electron chi connectivity index (χ2n) is 9.67. The summed E-state index contributed by atoms with van der Waals surface area (Å²) in [5.74, 6) is -0.533. The van der Waals surface area contributed by atoms with Gasteiger partial charge in [-0.05, 0) is 78.3 Å². The largest absolute Gasteiger partial charge is 0.493 e. The highest BCUT2D eigenvalue weighted by Crippen LogP contribution is 2.33. The lowest BCUT2D eigenvalue weighted by molar-refractivity contribution is -0.138. The molecule has 2 N–H and O–H groups in total. The van der Waals surface area contributed by atoms with E-state index in [-0.39, 0.29) is 24.3 Å². The second-order valence-corrected chi connectivity index (χ2v) is 10.8. The van der Waals surface area contributed by atoms with Crippen LogP contribution in [0.4, 0.5) is 13.2 Å². The van der Waals surface area contributed by atoms with E-state index >= 15 is 0 Å². The van der Waals surface area contributed by atoms with E-state index in [1.54, 1.807) is 6.07 Å². The Balaban J connectivity index is 1.52. The number of aryl methyl sites for hydroxylation is 2. The maximum atomic E-state index is 12.8. The number of carboxylic acid groups (broad SMARTS) is 1. The lowest BCUT2D eigenvalue weighted by Crippen LogP contribution is -2.25. The molecule has 0 saturated heterocycles. The van der Waals surface area contributed by atoms with Crippen LogP contribution in [0.25, 0.3) is 11.1 Å². The highest BCUT2D eigenvalue weighted by atomic mass is 32.1. The normalized spacial score (nSPS) is 11.8. The third-order valence-corrected chi connectivity index (χ3v) is 7.05. The predicted octanol–water partition coefficient (Wildman–Crippen LogP) is 6.98. The minimum absolute atomic E-state index is 0.0938. The van der Waals surface area contributed by atoms with Crippen LogP contribution in [0.1, 0.15) is 52.4 Å². The van der Waals surface area contributed by atoms with Gasteiger partial charge < -0.3 is 15.2 Å². The van der Waals surface area contributed by atoms with Crippen molar-refractivity contribution in [2.75, 3.05) is 13.2 Å². The summed E-state index contributed by atoms with van der Waals surface area (Å²) in [5.41, 5.74) is 1.65. The van der Waals surface area contributed by atoms with Crippen molar-refractivity contribution in [3.8, 4) is 16.9 Å². The van der Waals surface area contributed by atoms with Crippen LogP contribution in [0.2, 0.25) is 0 Å². The molecular weight excluding hydrogens is 503 g/mol. The number of ether oxygens (including phenoxy) is 1. The third kappa shape index (κ3) is 8.35. The standard InChI is InChI=1S/C28H30F3NO4S/c1-18-16-21(8-10-23(18)19-4-6-20(7-5-19)28(29,30)31)36-17-27(2,3)14-12-22-9-11-24(37-22)26(35)32-15-13-25(33)34/h4-11,16H,12-15,17H2,1-3H3,(H,32,35)(H,33,34). The van der Waals surface area contributed by atoms with E-state index in [0.717, 1.165) is 41.0 Å². The maximum Gasteiger partial charge on any atom is 0.416 e. The van der Waals surface area contributed by atoms with Gasteiger partial charge in [0.15, 0.2) is 0 Å². The average Bonchev–Trinajstić information content (AvgIpc) is 3.30. The number of halogens is 3. The number of carbonyl (C=O) groups excluding carboxylic acids is 1. The first-order valence-corrected chi connectivity index (χ1v) is 12.7. The molecule has 0 radical (unpaired) electrons. The first-order chi connectivity index (χ1) is 17.3. The van der Waals surface area contributed by atoms with E-state index in [0.29, 0.717) is 22.8 Å². The molecule has 0 atom stereocenters. The highest BCUT2D eigenvalue weighted by molar-refractivity contribution is 7.14. The van der Waals surface area contributed by atoms with Crippen molar-refractivity contribution in [3.63, 3.8) is 0 Å². The molecule has 9 heteroatoms. The molecule has 37 heavy (non-hydrogen) atoms. The van der Waals surface area contributed by atoms with Crippen LogP contribution >= 0.6 is 11.3 Å². The van der Waals surface area contributed by atoms with E-state index in [1.807, 2.05) is 31.2 Å². The summed E-state index contributed by atoms with van der Waals surface area (Å²) in [6.45, 7) is 6.67. The number of hydrogen-bond donors (Lipinski definition) is 2. The summed E-state index contributed by atoms with van der Waals surface area (Å²) in [5, 5.41) is 11.3. The van der Waals surface area contributed by atoms with Crippen molar-refractivity contribution in [2.24, 2.45) is 5.41 Å². The summed E-state index contributed by atoms with van der Waals surface area (Å²) >= 11 is 1.40. The molecule has 0 spiro atoms. The molecule has 0 bridgehead atoms. The zero-order chi connectivity index (χ0) is 27.2. The van der Waals surface area contributed by atoms with Gasteiger partial charge >= 0.3 is 12.1 Å². The van der Waals surface area contributed by atoms with Gasteiger partial charge in [-0.15, -0.1) is 11.3 Å². The van der Waals surface area contributed by atoms with Gasteiger partial charge in [-0.25, -0.2) is 0 Å². The fourth-order valence-electron chi connectivity index (χ4n) is 3.71. The van der Waals surface area contributed by atoms with Crippen molar-refractivity contribution in [1.29, 1.82) is 0 Å². The van der Waals surface area contributed by atoms with Crippen molar-refractivity contribution < 1.29 is 32.6 Å². The summed E-state index contributed by atoms with van der Waals surface area (Å²) in [7, 11) is 0. The van der Waals surface area contributed by atoms with Crippen molar-refractivity contribution >= 4 is 23.2 Å². The van der Waals surface area contributed by atoms with E-state index < -0.39 is 17.7 Å². The van der Waals surface area contributed by atoms with Gasteiger partial charge in [0.2, 0.25) is 0 Å². The van der Waals surface area contributed by atoms with Crippen molar-refractivity contribution in [1.82, 2.24) is 5.32 Å². The lowest BCUT2D eigenvalue weighted by Gasteiger charge is -2.25. The highest BCUT2D eigenvalue weighted by Gasteiger charge is 2.30. The predicted molar refractivity (Wildman–Crippen MR) is 138 cm³/mol. The summed E-state index contributed by atoms with van der Waals surface area (Å²) in [6, 6.07) is 14.4. The maximum absolute atomic E-state index is 12.8. The average molecular weight is 534 g/mol. The molecule has 1 aromatic heterocycles. The van der Waals surface area contributed by atoms with Gasteiger partial charge in [-0.1, -0.05) is 32.0 Å². The SMILES string of the molecule is Cc1cc(OCC(C)(C)CCc2ccc(C(=O)NCCC(=O)O)s2)ccc1-c1ccc(C(F)(F)F)cc1. The van der Waals surface area contributed by atoms with Crippen LogP contribution in [-0.2, 0) is 17.4 Å². The number of carboxylic acids is 1. The summed E-state index contributed by atoms with van der Waals surface area (Å²) < 4.78 is 44.5. The number of rotatable bonds is 11. The van der Waals surface area contributed by atoms with Crippen LogP contribution < -0.4 is 10.1 Å².